The second-order valence-electron chi connectivity index (χ2n) is 4.23. The molecule has 0 saturated carbocycles. The van der Waals surface area contributed by atoms with Gasteiger partial charge in [0.15, 0.2) is 0 Å². The largest absolute Gasteiger partial charge is 0.311 e. The Morgan fingerprint density at radius 1 is 1.64 bits per heavy atom. The van der Waals surface area contributed by atoms with Crippen LogP contribution in [-0.4, -0.2) is 17.1 Å². The summed E-state index contributed by atoms with van der Waals surface area (Å²) in [6.07, 6.45) is 4.44. The van der Waals surface area contributed by atoms with E-state index >= 15 is 0 Å². The van der Waals surface area contributed by atoms with Crippen LogP contribution in [0.4, 0.5) is 0 Å². The van der Waals surface area contributed by atoms with Crippen molar-refractivity contribution in [2.24, 2.45) is 0 Å². The third-order valence-corrected chi connectivity index (χ3v) is 4.03. The Balaban J connectivity index is 2.17. The van der Waals surface area contributed by atoms with Crippen molar-refractivity contribution in [1.29, 1.82) is 0 Å². The minimum atomic E-state index is 0.635. The lowest BCUT2D eigenvalue weighted by molar-refractivity contribution is 0.516. The minimum Gasteiger partial charge on any atom is -0.311 e. The summed E-state index contributed by atoms with van der Waals surface area (Å²) in [7, 11) is 0. The van der Waals surface area contributed by atoms with Crippen LogP contribution in [0.2, 0.25) is 0 Å². The maximum absolute atomic E-state index is 4.51. The van der Waals surface area contributed by atoms with Crippen LogP contribution in [-0.2, 0) is 0 Å². The lowest BCUT2D eigenvalue weighted by Gasteiger charge is -2.14. The molecule has 1 aromatic heterocycles. The molecule has 2 heterocycles. The molecule has 1 fully saturated rings. The van der Waals surface area contributed by atoms with Crippen molar-refractivity contribution in [1.82, 2.24) is 10.3 Å². The molecule has 1 aromatic rings. The first kappa shape index (κ1) is 10.1. The number of nitrogens with one attached hydrogen (secondary N) is 1. The first-order valence-electron chi connectivity index (χ1n) is 5.39. The molecule has 0 bridgehead atoms. The molecule has 1 saturated heterocycles. The molecule has 0 amide bonds. The number of hydrogen-bond acceptors (Lipinski definition) is 3. The second-order valence-corrected chi connectivity index (χ2v) is 5.50. The fraction of sp³-hybridized carbons (Fsp3) is 0.727. The van der Waals surface area contributed by atoms with E-state index in [9.17, 15) is 0 Å². The average Bonchev–Trinajstić information content (AvgIpc) is 2.71. The normalized spacial score (nSPS) is 32.4. The Hall–Kier alpha value is -0.410. The number of rotatable bonds is 2. The van der Waals surface area contributed by atoms with E-state index < -0.39 is 0 Å². The monoisotopic (exact) mass is 210 g/mol. The van der Waals surface area contributed by atoms with E-state index in [1.165, 1.54) is 22.7 Å². The Labute approximate surface area is 89.8 Å². The van der Waals surface area contributed by atoms with Gasteiger partial charge in [-0.15, -0.1) is 11.3 Å². The molecule has 1 N–H and O–H groups in total. The Morgan fingerprint density at radius 3 is 3.00 bits per heavy atom. The molecule has 0 aliphatic carbocycles. The third kappa shape index (κ3) is 1.84. The molecule has 14 heavy (non-hydrogen) atoms. The third-order valence-electron chi connectivity index (χ3n) is 2.99. The van der Waals surface area contributed by atoms with Crippen LogP contribution < -0.4 is 5.32 Å². The van der Waals surface area contributed by atoms with E-state index in [-0.39, 0.29) is 0 Å². The van der Waals surface area contributed by atoms with Gasteiger partial charge in [-0.1, -0.05) is 6.92 Å². The fourth-order valence-corrected chi connectivity index (χ4v) is 3.27. The predicted octanol–water partition coefficient (Wildman–Crippen LogP) is 2.70. The maximum atomic E-state index is 4.51. The highest BCUT2D eigenvalue weighted by molar-refractivity contribution is 7.11. The first-order chi connectivity index (χ1) is 6.70. The molecule has 1 aliphatic rings. The van der Waals surface area contributed by atoms with Crippen LogP contribution in [0.25, 0.3) is 0 Å². The molecule has 1 aliphatic heterocycles. The summed E-state index contributed by atoms with van der Waals surface area (Å²) >= 11 is 1.86. The SMILES string of the molecule is CCC1NC(C)CC1c1ncc(C)s1. The number of aryl methyl sites for hydroxylation is 1. The molecule has 78 valence electrons. The van der Waals surface area contributed by atoms with Crippen molar-refractivity contribution in [3.05, 3.63) is 16.1 Å². The summed E-state index contributed by atoms with van der Waals surface area (Å²) in [4.78, 5) is 5.84. The zero-order valence-electron chi connectivity index (χ0n) is 9.08. The van der Waals surface area contributed by atoms with Gasteiger partial charge in [-0.05, 0) is 26.7 Å². The maximum Gasteiger partial charge on any atom is 0.0974 e. The first-order valence-corrected chi connectivity index (χ1v) is 6.20. The smallest absolute Gasteiger partial charge is 0.0974 e. The van der Waals surface area contributed by atoms with E-state index in [1.807, 2.05) is 17.5 Å². The molecular weight excluding hydrogens is 192 g/mol. The number of hydrogen-bond donors (Lipinski definition) is 1. The van der Waals surface area contributed by atoms with Crippen molar-refractivity contribution >= 4 is 11.3 Å². The zero-order valence-corrected chi connectivity index (χ0v) is 9.90. The van der Waals surface area contributed by atoms with Crippen molar-refractivity contribution in [2.45, 2.75) is 51.6 Å². The van der Waals surface area contributed by atoms with Crippen molar-refractivity contribution < 1.29 is 0 Å². The summed E-state index contributed by atoms with van der Waals surface area (Å²) in [5.41, 5.74) is 0. The van der Waals surface area contributed by atoms with Crippen molar-refractivity contribution in [2.75, 3.05) is 0 Å². The van der Waals surface area contributed by atoms with Gasteiger partial charge in [-0.3, -0.25) is 0 Å². The van der Waals surface area contributed by atoms with Gasteiger partial charge in [0, 0.05) is 29.1 Å². The van der Waals surface area contributed by atoms with Crippen LogP contribution in [0, 0.1) is 6.92 Å². The number of nitrogens with zero attached hydrogens (tertiary/aromatic N) is 1. The summed E-state index contributed by atoms with van der Waals surface area (Å²) in [6.45, 7) is 6.65. The van der Waals surface area contributed by atoms with Gasteiger partial charge in [0.25, 0.3) is 0 Å². The topological polar surface area (TPSA) is 24.9 Å². The highest BCUT2D eigenvalue weighted by Crippen LogP contribution is 2.34. The van der Waals surface area contributed by atoms with Gasteiger partial charge >= 0.3 is 0 Å². The van der Waals surface area contributed by atoms with Gasteiger partial charge in [0.2, 0.25) is 0 Å². The van der Waals surface area contributed by atoms with Crippen LogP contribution in [0.15, 0.2) is 6.20 Å². The quantitative estimate of drug-likeness (QED) is 0.812. The van der Waals surface area contributed by atoms with E-state index in [1.54, 1.807) is 0 Å². The lowest BCUT2D eigenvalue weighted by Crippen LogP contribution is -2.28. The molecule has 3 atom stereocenters. The second kappa shape index (κ2) is 3.99. The van der Waals surface area contributed by atoms with E-state index in [4.69, 9.17) is 0 Å². The molecule has 2 nitrogen and oxygen atoms in total. The van der Waals surface area contributed by atoms with E-state index in [0.717, 1.165) is 0 Å². The summed E-state index contributed by atoms with van der Waals surface area (Å²) < 4.78 is 0. The summed E-state index contributed by atoms with van der Waals surface area (Å²) in [6, 6.07) is 1.28. The van der Waals surface area contributed by atoms with Crippen molar-refractivity contribution in [3.8, 4) is 0 Å². The van der Waals surface area contributed by atoms with E-state index in [2.05, 4.69) is 31.1 Å². The van der Waals surface area contributed by atoms with Crippen LogP contribution in [0.3, 0.4) is 0 Å². The fourth-order valence-electron chi connectivity index (χ4n) is 2.31. The van der Waals surface area contributed by atoms with Crippen LogP contribution in [0.1, 0.15) is 42.5 Å². The molecule has 0 aromatic carbocycles. The standard InChI is InChI=1S/C11H18N2S/c1-4-10-9(5-7(2)13-10)11-12-6-8(3)14-11/h6-7,9-10,13H,4-5H2,1-3H3. The Kier molecular flexibility index (Phi) is 2.88. The van der Waals surface area contributed by atoms with Gasteiger partial charge < -0.3 is 5.32 Å². The lowest BCUT2D eigenvalue weighted by atomic mass is 9.98. The Bertz CT molecular complexity index is 308. The Morgan fingerprint density at radius 2 is 2.43 bits per heavy atom. The summed E-state index contributed by atoms with van der Waals surface area (Å²) in [5, 5.41) is 4.95. The highest BCUT2D eigenvalue weighted by Gasteiger charge is 2.32. The average molecular weight is 210 g/mol. The van der Waals surface area contributed by atoms with Gasteiger partial charge in [-0.2, -0.15) is 0 Å². The zero-order chi connectivity index (χ0) is 10.1. The van der Waals surface area contributed by atoms with Gasteiger partial charge in [-0.25, -0.2) is 4.98 Å². The molecule has 0 spiro atoms. The molecule has 3 unspecified atom stereocenters. The molecule has 2 rings (SSSR count). The molecular formula is C11H18N2S. The highest BCUT2D eigenvalue weighted by atomic mass is 32.1. The van der Waals surface area contributed by atoms with Gasteiger partial charge in [0.1, 0.15) is 0 Å². The van der Waals surface area contributed by atoms with Crippen LogP contribution >= 0.6 is 11.3 Å². The van der Waals surface area contributed by atoms with Gasteiger partial charge in [0.05, 0.1) is 5.01 Å². The van der Waals surface area contributed by atoms with E-state index in [0.29, 0.717) is 18.0 Å². The molecule has 0 radical (unpaired) electrons. The number of aromatic nitrogens is 1. The van der Waals surface area contributed by atoms with Crippen LogP contribution in [0.5, 0.6) is 0 Å². The summed E-state index contributed by atoms with van der Waals surface area (Å²) in [5.74, 6) is 0.647. The predicted molar refractivity (Wildman–Crippen MR) is 60.9 cm³/mol. The van der Waals surface area contributed by atoms with Crippen molar-refractivity contribution in [3.63, 3.8) is 0 Å². The minimum absolute atomic E-state index is 0.635. The number of thiazole rings is 1. The molecule has 3 heteroatoms.